The van der Waals surface area contributed by atoms with Crippen molar-refractivity contribution in [2.75, 3.05) is 26.2 Å². The van der Waals surface area contributed by atoms with Crippen molar-refractivity contribution in [3.8, 4) is 0 Å². The lowest BCUT2D eigenvalue weighted by molar-refractivity contribution is -0.138. The molecule has 6 N–H and O–H groups in total. The standard InChI is InChI=1S/C17H32N4O5/c1-11(2)10-12(20-15(22)13-14(26-13)17(24)25)16(23)21(9-5-7-19)8-4-3-6-18/h11-14H,3-10,18-19H2,1-2H3,(H,20,22)(H,24,25)/t12-,13?,14?/m0/s1. The average molecular weight is 372 g/mol. The molecule has 2 unspecified atom stereocenters. The lowest BCUT2D eigenvalue weighted by Crippen LogP contribution is -2.51. The van der Waals surface area contributed by atoms with Crippen molar-refractivity contribution >= 4 is 17.8 Å². The van der Waals surface area contributed by atoms with Crippen molar-refractivity contribution < 1.29 is 24.2 Å². The Morgan fingerprint density at radius 3 is 2.19 bits per heavy atom. The second-order valence-electron chi connectivity index (χ2n) is 6.97. The highest BCUT2D eigenvalue weighted by molar-refractivity contribution is 5.95. The Labute approximate surface area is 154 Å². The van der Waals surface area contributed by atoms with Crippen LogP contribution in [-0.4, -0.2) is 72.2 Å². The smallest absolute Gasteiger partial charge is 0.336 e. The number of ether oxygens (including phenoxy) is 1. The van der Waals surface area contributed by atoms with E-state index in [0.29, 0.717) is 39.0 Å². The van der Waals surface area contributed by atoms with Crippen molar-refractivity contribution in [3.63, 3.8) is 0 Å². The molecule has 0 bridgehead atoms. The van der Waals surface area contributed by atoms with Crippen molar-refractivity contribution in [3.05, 3.63) is 0 Å². The second kappa shape index (κ2) is 11.1. The van der Waals surface area contributed by atoms with E-state index >= 15 is 0 Å². The van der Waals surface area contributed by atoms with Gasteiger partial charge in [-0.25, -0.2) is 4.79 Å². The van der Waals surface area contributed by atoms with Gasteiger partial charge in [0.05, 0.1) is 0 Å². The molecule has 1 fully saturated rings. The normalized spacial score (nSPS) is 19.9. The zero-order chi connectivity index (χ0) is 19.7. The number of nitrogens with zero attached hydrogens (tertiary/aromatic N) is 1. The summed E-state index contributed by atoms with van der Waals surface area (Å²) in [5.41, 5.74) is 11.1. The van der Waals surface area contributed by atoms with Gasteiger partial charge < -0.3 is 31.5 Å². The van der Waals surface area contributed by atoms with Gasteiger partial charge in [-0.1, -0.05) is 13.8 Å². The molecular formula is C17H32N4O5. The Morgan fingerprint density at radius 2 is 1.69 bits per heavy atom. The highest BCUT2D eigenvalue weighted by Crippen LogP contribution is 2.23. The molecule has 0 aromatic heterocycles. The van der Waals surface area contributed by atoms with Crippen LogP contribution in [0.25, 0.3) is 0 Å². The number of carboxylic acids is 1. The number of carboxylic acid groups (broad SMARTS) is 1. The molecule has 0 aromatic rings. The fourth-order valence-electron chi connectivity index (χ4n) is 2.73. The Bertz CT molecular complexity index is 486. The molecule has 150 valence electrons. The molecule has 1 aliphatic rings. The van der Waals surface area contributed by atoms with Crippen LogP contribution in [0.5, 0.6) is 0 Å². The van der Waals surface area contributed by atoms with Gasteiger partial charge in [0.25, 0.3) is 5.91 Å². The van der Waals surface area contributed by atoms with E-state index in [0.717, 1.165) is 12.8 Å². The molecule has 26 heavy (non-hydrogen) atoms. The summed E-state index contributed by atoms with van der Waals surface area (Å²) in [4.78, 5) is 37.7. The average Bonchev–Trinajstić information content (AvgIpc) is 3.37. The zero-order valence-electron chi connectivity index (χ0n) is 15.6. The van der Waals surface area contributed by atoms with Crippen LogP contribution < -0.4 is 16.8 Å². The summed E-state index contributed by atoms with van der Waals surface area (Å²) in [5, 5.41) is 11.5. The van der Waals surface area contributed by atoms with Gasteiger partial charge in [-0.3, -0.25) is 9.59 Å². The number of rotatable bonds is 13. The third-order valence-electron chi connectivity index (χ3n) is 4.14. The summed E-state index contributed by atoms with van der Waals surface area (Å²) < 4.78 is 4.86. The molecule has 0 aliphatic carbocycles. The molecule has 0 aromatic carbocycles. The lowest BCUT2D eigenvalue weighted by atomic mass is 10.0. The third kappa shape index (κ3) is 7.27. The van der Waals surface area contributed by atoms with E-state index < -0.39 is 30.1 Å². The number of hydrogen-bond donors (Lipinski definition) is 4. The van der Waals surface area contributed by atoms with Gasteiger partial charge in [0, 0.05) is 13.1 Å². The molecule has 9 nitrogen and oxygen atoms in total. The summed E-state index contributed by atoms with van der Waals surface area (Å²) in [5.74, 6) is -1.73. The largest absolute Gasteiger partial charge is 0.479 e. The number of unbranched alkanes of at least 4 members (excludes halogenated alkanes) is 1. The number of epoxide rings is 1. The predicted octanol–water partition coefficient (Wildman–Crippen LogP) is -0.714. The summed E-state index contributed by atoms with van der Waals surface area (Å²) in [7, 11) is 0. The number of carbonyl (C=O) groups excluding carboxylic acids is 2. The van der Waals surface area contributed by atoms with Crippen molar-refractivity contribution in [2.24, 2.45) is 17.4 Å². The first kappa shape index (κ1) is 22.3. The van der Waals surface area contributed by atoms with E-state index in [9.17, 15) is 14.4 Å². The highest BCUT2D eigenvalue weighted by Gasteiger charge is 2.51. The molecule has 0 saturated carbocycles. The Kier molecular flexibility index (Phi) is 9.53. The number of nitrogens with one attached hydrogen (secondary N) is 1. The van der Waals surface area contributed by atoms with E-state index in [1.807, 2.05) is 13.8 Å². The maximum absolute atomic E-state index is 13.0. The number of carbonyl (C=O) groups is 3. The summed E-state index contributed by atoms with van der Waals surface area (Å²) >= 11 is 0. The quantitative estimate of drug-likeness (QED) is 0.246. The molecule has 1 aliphatic heterocycles. The van der Waals surface area contributed by atoms with E-state index in [1.165, 1.54) is 0 Å². The first-order valence-electron chi connectivity index (χ1n) is 9.19. The SMILES string of the molecule is CC(C)C[C@H](NC(=O)C1OC1C(=O)O)C(=O)N(CCCN)CCCCN. The van der Waals surface area contributed by atoms with Gasteiger partial charge in [-0.15, -0.1) is 0 Å². The number of nitrogens with two attached hydrogens (primary N) is 2. The van der Waals surface area contributed by atoms with Crippen LogP contribution in [0.2, 0.25) is 0 Å². The van der Waals surface area contributed by atoms with E-state index in [1.54, 1.807) is 4.90 Å². The molecule has 9 heteroatoms. The van der Waals surface area contributed by atoms with E-state index in [4.69, 9.17) is 21.3 Å². The topological polar surface area (TPSA) is 151 Å². The summed E-state index contributed by atoms with van der Waals surface area (Å²) in [6, 6.07) is -0.711. The lowest BCUT2D eigenvalue weighted by Gasteiger charge is -2.29. The van der Waals surface area contributed by atoms with Gasteiger partial charge in [0.15, 0.2) is 12.2 Å². The Balaban J connectivity index is 2.74. The second-order valence-corrected chi connectivity index (χ2v) is 6.97. The molecule has 0 spiro atoms. The van der Waals surface area contributed by atoms with Crippen LogP contribution in [0.15, 0.2) is 0 Å². The fraction of sp³-hybridized carbons (Fsp3) is 0.824. The molecule has 3 atom stereocenters. The molecule has 1 heterocycles. The molecule has 1 rings (SSSR count). The maximum atomic E-state index is 13.0. The minimum Gasteiger partial charge on any atom is -0.479 e. The van der Waals surface area contributed by atoms with Crippen LogP contribution in [0.4, 0.5) is 0 Å². The predicted molar refractivity (Wildman–Crippen MR) is 96.2 cm³/mol. The minimum atomic E-state index is -1.18. The third-order valence-corrected chi connectivity index (χ3v) is 4.14. The van der Waals surface area contributed by atoms with Gasteiger partial charge >= 0.3 is 5.97 Å². The van der Waals surface area contributed by atoms with Gasteiger partial charge in [0.1, 0.15) is 6.04 Å². The van der Waals surface area contributed by atoms with E-state index in [2.05, 4.69) is 5.32 Å². The molecule has 2 amide bonds. The van der Waals surface area contributed by atoms with Crippen LogP contribution in [-0.2, 0) is 19.1 Å². The van der Waals surface area contributed by atoms with Crippen LogP contribution in [0, 0.1) is 5.92 Å². The van der Waals surface area contributed by atoms with Crippen molar-refractivity contribution in [1.29, 1.82) is 0 Å². The Hall–Kier alpha value is -1.71. The van der Waals surface area contributed by atoms with Crippen molar-refractivity contribution in [1.82, 2.24) is 10.2 Å². The van der Waals surface area contributed by atoms with Gasteiger partial charge in [0.2, 0.25) is 5.91 Å². The maximum Gasteiger partial charge on any atom is 0.336 e. The first-order valence-corrected chi connectivity index (χ1v) is 9.19. The van der Waals surface area contributed by atoms with Crippen LogP contribution >= 0.6 is 0 Å². The zero-order valence-corrected chi connectivity index (χ0v) is 15.6. The Morgan fingerprint density at radius 1 is 1.08 bits per heavy atom. The summed E-state index contributed by atoms with van der Waals surface area (Å²) in [6.07, 6.45) is 0.577. The first-order chi connectivity index (χ1) is 12.3. The number of amides is 2. The van der Waals surface area contributed by atoms with Gasteiger partial charge in [-0.05, 0) is 44.7 Å². The molecule has 1 saturated heterocycles. The van der Waals surface area contributed by atoms with E-state index in [-0.39, 0.29) is 11.8 Å². The van der Waals surface area contributed by atoms with Gasteiger partial charge in [-0.2, -0.15) is 0 Å². The highest BCUT2D eigenvalue weighted by atomic mass is 16.6. The monoisotopic (exact) mass is 372 g/mol. The molecular weight excluding hydrogens is 340 g/mol. The van der Waals surface area contributed by atoms with Crippen LogP contribution in [0.3, 0.4) is 0 Å². The van der Waals surface area contributed by atoms with Crippen LogP contribution in [0.1, 0.15) is 39.5 Å². The molecule has 0 radical (unpaired) electrons. The number of aliphatic carboxylic acids is 1. The number of hydrogen-bond acceptors (Lipinski definition) is 6. The van der Waals surface area contributed by atoms with Crippen molar-refractivity contribution in [2.45, 2.75) is 57.8 Å². The fourth-order valence-corrected chi connectivity index (χ4v) is 2.73. The minimum absolute atomic E-state index is 0.176. The summed E-state index contributed by atoms with van der Waals surface area (Å²) in [6.45, 7) is 6.01.